The summed E-state index contributed by atoms with van der Waals surface area (Å²) >= 11 is 0. The van der Waals surface area contributed by atoms with Crippen LogP contribution in [0.4, 0.5) is 5.69 Å². The van der Waals surface area contributed by atoms with Gasteiger partial charge in [-0.25, -0.2) is 9.78 Å². The van der Waals surface area contributed by atoms with Crippen molar-refractivity contribution in [1.82, 2.24) is 9.38 Å². The van der Waals surface area contributed by atoms with Crippen LogP contribution in [0, 0.1) is 6.92 Å². The van der Waals surface area contributed by atoms with Crippen LogP contribution in [0.5, 0.6) is 0 Å². The molecule has 16 heavy (non-hydrogen) atoms. The number of carboxylic acid groups (broad SMARTS) is 1. The lowest BCUT2D eigenvalue weighted by atomic mass is 10.3. The van der Waals surface area contributed by atoms with Gasteiger partial charge in [-0.05, 0) is 19.1 Å². The molecule has 0 amide bonds. The monoisotopic (exact) mass is 219 g/mol. The van der Waals surface area contributed by atoms with E-state index in [9.17, 15) is 4.79 Å². The summed E-state index contributed by atoms with van der Waals surface area (Å²) in [6.45, 7) is 1.81. The Balaban J connectivity index is 2.71. The number of carboxylic acids is 1. The molecular formula is C11H13N3O2. The average Bonchev–Trinajstić information content (AvgIpc) is 2.56. The molecule has 0 atom stereocenters. The fraction of sp³-hybridized carbons (Fsp3) is 0.273. The molecule has 0 spiro atoms. The lowest BCUT2D eigenvalue weighted by Gasteiger charge is -2.12. The van der Waals surface area contributed by atoms with Crippen molar-refractivity contribution < 1.29 is 9.90 Å². The third-order valence-electron chi connectivity index (χ3n) is 2.52. The second-order valence-corrected chi connectivity index (χ2v) is 3.86. The number of hydrogen-bond donors (Lipinski definition) is 1. The van der Waals surface area contributed by atoms with Crippen molar-refractivity contribution in [2.75, 3.05) is 19.0 Å². The number of aromatic nitrogens is 2. The summed E-state index contributed by atoms with van der Waals surface area (Å²) in [6.07, 6.45) is 1.73. The standard InChI is InChI=1S/C11H13N3O2/c1-7-9-6-8(13(2)3)4-5-14(9)10(12-7)11(15)16/h4-6H,1-3H3,(H,15,16). The Labute approximate surface area is 92.9 Å². The van der Waals surface area contributed by atoms with E-state index in [0.717, 1.165) is 16.9 Å². The molecule has 0 fully saturated rings. The molecule has 1 N–H and O–H groups in total. The minimum atomic E-state index is -1.01. The van der Waals surface area contributed by atoms with E-state index >= 15 is 0 Å². The number of hydrogen-bond acceptors (Lipinski definition) is 3. The quantitative estimate of drug-likeness (QED) is 0.829. The molecule has 2 aromatic heterocycles. The molecule has 0 aromatic carbocycles. The molecule has 2 heterocycles. The van der Waals surface area contributed by atoms with Crippen molar-refractivity contribution >= 4 is 17.2 Å². The SMILES string of the molecule is Cc1nc(C(=O)O)n2ccc(N(C)C)cc12. The predicted molar refractivity (Wildman–Crippen MR) is 61.2 cm³/mol. The number of fused-ring (bicyclic) bond motifs is 1. The van der Waals surface area contributed by atoms with Crippen LogP contribution in [0.3, 0.4) is 0 Å². The Hall–Kier alpha value is -2.04. The van der Waals surface area contributed by atoms with E-state index in [1.165, 1.54) is 0 Å². The smallest absolute Gasteiger partial charge is 0.372 e. The van der Waals surface area contributed by atoms with Gasteiger partial charge in [0.2, 0.25) is 5.82 Å². The van der Waals surface area contributed by atoms with E-state index in [1.807, 2.05) is 31.1 Å². The summed E-state index contributed by atoms with van der Waals surface area (Å²) in [4.78, 5) is 17.0. The zero-order valence-corrected chi connectivity index (χ0v) is 9.43. The van der Waals surface area contributed by atoms with Crippen LogP contribution in [-0.2, 0) is 0 Å². The highest BCUT2D eigenvalue weighted by molar-refractivity contribution is 5.85. The molecule has 2 rings (SSSR count). The molecule has 0 bridgehead atoms. The second-order valence-electron chi connectivity index (χ2n) is 3.86. The van der Waals surface area contributed by atoms with Crippen LogP contribution in [0.1, 0.15) is 16.3 Å². The summed E-state index contributed by atoms with van der Waals surface area (Å²) in [5.74, 6) is -0.960. The van der Waals surface area contributed by atoms with E-state index < -0.39 is 5.97 Å². The molecular weight excluding hydrogens is 206 g/mol. The van der Waals surface area contributed by atoms with Crippen molar-refractivity contribution in [3.63, 3.8) is 0 Å². The molecule has 5 nitrogen and oxygen atoms in total. The molecule has 0 aliphatic rings. The van der Waals surface area contributed by atoms with Gasteiger partial charge in [0.25, 0.3) is 0 Å². The normalized spacial score (nSPS) is 10.7. The maximum atomic E-state index is 11.0. The van der Waals surface area contributed by atoms with Crippen molar-refractivity contribution in [3.05, 3.63) is 29.8 Å². The van der Waals surface area contributed by atoms with Crippen molar-refractivity contribution in [1.29, 1.82) is 0 Å². The Bertz CT molecular complexity index is 558. The number of aryl methyl sites for hydroxylation is 1. The summed E-state index contributed by atoms with van der Waals surface area (Å²) in [6, 6.07) is 3.79. The predicted octanol–water partition coefficient (Wildman–Crippen LogP) is 1.41. The number of carbonyl (C=O) groups is 1. The summed E-state index contributed by atoms with van der Waals surface area (Å²) in [7, 11) is 3.88. The minimum absolute atomic E-state index is 0.0535. The van der Waals surface area contributed by atoms with Gasteiger partial charge < -0.3 is 10.0 Å². The number of pyridine rings is 1. The third-order valence-corrected chi connectivity index (χ3v) is 2.52. The summed E-state index contributed by atoms with van der Waals surface area (Å²) in [5.41, 5.74) is 2.57. The van der Waals surface area contributed by atoms with Crippen LogP contribution in [0.25, 0.3) is 5.52 Å². The highest BCUT2D eigenvalue weighted by Gasteiger charge is 2.14. The van der Waals surface area contributed by atoms with E-state index in [4.69, 9.17) is 5.11 Å². The summed E-state index contributed by atoms with van der Waals surface area (Å²) in [5, 5.41) is 8.98. The molecule has 84 valence electrons. The number of aromatic carboxylic acids is 1. The fourth-order valence-corrected chi connectivity index (χ4v) is 1.65. The van der Waals surface area contributed by atoms with Gasteiger partial charge in [0.15, 0.2) is 0 Å². The average molecular weight is 219 g/mol. The zero-order valence-electron chi connectivity index (χ0n) is 9.43. The Morgan fingerprint density at radius 1 is 1.50 bits per heavy atom. The van der Waals surface area contributed by atoms with Crippen LogP contribution in [0.2, 0.25) is 0 Å². The van der Waals surface area contributed by atoms with E-state index in [1.54, 1.807) is 17.5 Å². The van der Waals surface area contributed by atoms with Gasteiger partial charge in [-0.3, -0.25) is 4.40 Å². The van der Waals surface area contributed by atoms with E-state index in [2.05, 4.69) is 4.98 Å². The Morgan fingerprint density at radius 2 is 2.19 bits per heavy atom. The van der Waals surface area contributed by atoms with Gasteiger partial charge in [-0.1, -0.05) is 0 Å². The van der Waals surface area contributed by atoms with Gasteiger partial charge in [0.05, 0.1) is 11.2 Å². The van der Waals surface area contributed by atoms with Gasteiger partial charge in [-0.15, -0.1) is 0 Å². The fourth-order valence-electron chi connectivity index (χ4n) is 1.65. The maximum absolute atomic E-state index is 11.0. The topological polar surface area (TPSA) is 57.8 Å². The van der Waals surface area contributed by atoms with E-state index in [-0.39, 0.29) is 5.82 Å². The largest absolute Gasteiger partial charge is 0.475 e. The number of anilines is 1. The second kappa shape index (κ2) is 3.52. The first kappa shape index (κ1) is 10.5. The third kappa shape index (κ3) is 1.50. The number of imidazole rings is 1. The lowest BCUT2D eigenvalue weighted by molar-refractivity contribution is 0.0682. The molecule has 5 heteroatoms. The van der Waals surface area contributed by atoms with Gasteiger partial charge in [0.1, 0.15) is 0 Å². The highest BCUT2D eigenvalue weighted by Crippen LogP contribution is 2.19. The van der Waals surface area contributed by atoms with Crippen LogP contribution < -0.4 is 4.90 Å². The zero-order chi connectivity index (χ0) is 11.9. The van der Waals surface area contributed by atoms with Crippen molar-refractivity contribution in [3.8, 4) is 0 Å². The molecule has 0 aliphatic carbocycles. The van der Waals surface area contributed by atoms with Crippen molar-refractivity contribution in [2.45, 2.75) is 6.92 Å². The first-order valence-corrected chi connectivity index (χ1v) is 4.90. The van der Waals surface area contributed by atoms with Crippen molar-refractivity contribution in [2.24, 2.45) is 0 Å². The lowest BCUT2D eigenvalue weighted by Crippen LogP contribution is -2.09. The maximum Gasteiger partial charge on any atom is 0.372 e. The molecule has 0 aliphatic heterocycles. The molecule has 0 saturated heterocycles. The van der Waals surface area contributed by atoms with Gasteiger partial charge >= 0.3 is 5.97 Å². The Kier molecular flexibility index (Phi) is 2.30. The van der Waals surface area contributed by atoms with Crippen LogP contribution >= 0.6 is 0 Å². The minimum Gasteiger partial charge on any atom is -0.475 e. The molecule has 0 radical (unpaired) electrons. The van der Waals surface area contributed by atoms with E-state index in [0.29, 0.717) is 0 Å². The highest BCUT2D eigenvalue weighted by atomic mass is 16.4. The van der Waals surface area contributed by atoms with Crippen LogP contribution in [-0.4, -0.2) is 34.6 Å². The van der Waals surface area contributed by atoms with Crippen LogP contribution in [0.15, 0.2) is 18.3 Å². The number of rotatable bonds is 2. The Morgan fingerprint density at radius 3 is 2.75 bits per heavy atom. The first-order valence-electron chi connectivity index (χ1n) is 4.90. The molecule has 0 unspecified atom stereocenters. The first-order chi connectivity index (χ1) is 7.50. The number of nitrogens with zero attached hydrogens (tertiary/aromatic N) is 3. The molecule has 0 saturated carbocycles. The summed E-state index contributed by atoms with van der Waals surface area (Å²) < 4.78 is 1.59. The van der Waals surface area contributed by atoms with Gasteiger partial charge in [0, 0.05) is 26.0 Å². The van der Waals surface area contributed by atoms with Gasteiger partial charge in [-0.2, -0.15) is 0 Å². The molecule has 2 aromatic rings.